The van der Waals surface area contributed by atoms with Gasteiger partial charge in [-0.2, -0.15) is 20.3 Å². The largest absolute Gasteiger partial charge is 0.495 e. The first kappa shape index (κ1) is 20.8. The van der Waals surface area contributed by atoms with E-state index in [-0.39, 0.29) is 0 Å². The number of aryl methyl sites for hydroxylation is 1. The van der Waals surface area contributed by atoms with E-state index in [9.17, 15) is 5.26 Å². The van der Waals surface area contributed by atoms with Crippen molar-refractivity contribution in [2.24, 2.45) is 13.0 Å². The molecule has 33 heavy (non-hydrogen) atoms. The second-order valence-corrected chi connectivity index (χ2v) is 8.35. The van der Waals surface area contributed by atoms with Crippen LogP contribution in [0, 0.1) is 17.2 Å². The molecular formula is C24H26N8O. The van der Waals surface area contributed by atoms with E-state index in [1.807, 2.05) is 36.0 Å². The zero-order valence-electron chi connectivity index (χ0n) is 18.7. The van der Waals surface area contributed by atoms with E-state index in [4.69, 9.17) is 9.72 Å². The minimum Gasteiger partial charge on any atom is -0.495 e. The molecule has 9 nitrogen and oxygen atoms in total. The Balaban J connectivity index is 1.47. The van der Waals surface area contributed by atoms with Crippen LogP contribution >= 0.6 is 0 Å². The Labute approximate surface area is 191 Å². The normalized spacial score (nSPS) is 13.8. The summed E-state index contributed by atoms with van der Waals surface area (Å²) in [4.78, 5) is 12.4. The molecule has 0 bridgehead atoms. The molecule has 0 spiro atoms. The quantitative estimate of drug-likeness (QED) is 0.383. The molecule has 1 saturated carbocycles. The van der Waals surface area contributed by atoms with Crippen LogP contribution in [-0.2, 0) is 7.05 Å². The molecule has 1 aliphatic rings. The lowest BCUT2D eigenvalue weighted by atomic mass is 10.1. The van der Waals surface area contributed by atoms with Gasteiger partial charge in [-0.25, -0.2) is 0 Å². The van der Waals surface area contributed by atoms with Gasteiger partial charge in [-0.3, -0.25) is 4.68 Å². The van der Waals surface area contributed by atoms with Gasteiger partial charge in [-0.1, -0.05) is 18.9 Å². The number of ether oxygens (including phenoxy) is 1. The number of nitrogens with one attached hydrogen (secondary N) is 3. The Bertz CT molecular complexity index is 1330. The third-order valence-electron chi connectivity index (χ3n) is 6.25. The topological polar surface area (TPSA) is 116 Å². The highest BCUT2D eigenvalue weighted by Crippen LogP contribution is 2.33. The number of methoxy groups -OCH3 is 1. The molecule has 4 aromatic rings. The zero-order valence-corrected chi connectivity index (χ0v) is 18.7. The number of anilines is 3. The monoisotopic (exact) mass is 442 g/mol. The Hall–Kier alpha value is -4.06. The van der Waals surface area contributed by atoms with Crippen LogP contribution in [0.1, 0.15) is 31.2 Å². The molecule has 3 aromatic heterocycles. The first-order valence-corrected chi connectivity index (χ1v) is 11.1. The fraction of sp³-hybridized carbons (Fsp3) is 0.333. The number of fused-ring (bicyclic) bond motifs is 1. The summed E-state index contributed by atoms with van der Waals surface area (Å²) < 4.78 is 7.45. The van der Waals surface area contributed by atoms with E-state index < -0.39 is 0 Å². The van der Waals surface area contributed by atoms with Crippen molar-refractivity contribution in [3.05, 3.63) is 42.2 Å². The van der Waals surface area contributed by atoms with Gasteiger partial charge in [0.1, 0.15) is 23.3 Å². The van der Waals surface area contributed by atoms with E-state index in [1.54, 1.807) is 19.5 Å². The Morgan fingerprint density at radius 1 is 1.24 bits per heavy atom. The van der Waals surface area contributed by atoms with Gasteiger partial charge in [0.2, 0.25) is 5.95 Å². The van der Waals surface area contributed by atoms with Gasteiger partial charge in [-0.05, 0) is 37.0 Å². The Morgan fingerprint density at radius 3 is 2.82 bits per heavy atom. The van der Waals surface area contributed by atoms with Crippen molar-refractivity contribution >= 4 is 28.5 Å². The van der Waals surface area contributed by atoms with Gasteiger partial charge in [0.25, 0.3) is 0 Å². The third-order valence-corrected chi connectivity index (χ3v) is 6.25. The first-order valence-electron chi connectivity index (χ1n) is 11.1. The summed E-state index contributed by atoms with van der Waals surface area (Å²) in [7, 11) is 3.54. The number of hydrogen-bond donors (Lipinski definition) is 3. The summed E-state index contributed by atoms with van der Waals surface area (Å²) in [5.74, 6) is 2.39. The fourth-order valence-corrected chi connectivity index (χ4v) is 4.49. The van der Waals surface area contributed by atoms with E-state index in [2.05, 4.69) is 31.8 Å². The van der Waals surface area contributed by atoms with Crippen LogP contribution in [0.2, 0.25) is 0 Å². The van der Waals surface area contributed by atoms with Crippen molar-refractivity contribution in [3.8, 4) is 23.1 Å². The van der Waals surface area contributed by atoms with Gasteiger partial charge in [-0.15, -0.1) is 0 Å². The smallest absolute Gasteiger partial charge is 0.231 e. The lowest BCUT2D eigenvalue weighted by molar-refractivity contribution is 0.417. The van der Waals surface area contributed by atoms with Crippen LogP contribution in [0.25, 0.3) is 22.3 Å². The maximum absolute atomic E-state index is 9.53. The van der Waals surface area contributed by atoms with Crippen LogP contribution < -0.4 is 15.4 Å². The van der Waals surface area contributed by atoms with Gasteiger partial charge >= 0.3 is 0 Å². The number of rotatable bonds is 7. The number of nitriles is 1. The van der Waals surface area contributed by atoms with Crippen LogP contribution in [0.15, 0.2) is 36.7 Å². The maximum Gasteiger partial charge on any atom is 0.231 e. The number of aromatic amines is 1. The van der Waals surface area contributed by atoms with Crippen molar-refractivity contribution in [3.63, 3.8) is 0 Å². The number of benzene rings is 1. The zero-order chi connectivity index (χ0) is 22.8. The highest BCUT2D eigenvalue weighted by molar-refractivity contribution is 5.93. The van der Waals surface area contributed by atoms with Crippen LogP contribution in [0.3, 0.4) is 0 Å². The third kappa shape index (κ3) is 4.07. The summed E-state index contributed by atoms with van der Waals surface area (Å²) in [5.41, 5.74) is 3.88. The van der Waals surface area contributed by atoms with Gasteiger partial charge in [0.15, 0.2) is 0 Å². The standard InChI is InChI=1S/C24H26N8O/c1-32-19(9-10-28-32)16-7-8-18(20(11-16)33-2)29-24-30-22(26-13-15-5-3-4-6-15)21-17(12-25)14-27-23(21)31-24/h7-11,14-15H,3-6,13H2,1-2H3,(H3,26,27,29,30,31). The molecule has 0 radical (unpaired) electrons. The van der Waals surface area contributed by atoms with Crippen LogP contribution in [0.5, 0.6) is 5.75 Å². The van der Waals surface area contributed by atoms with E-state index in [1.165, 1.54) is 25.7 Å². The minimum absolute atomic E-state index is 0.425. The molecule has 0 aliphatic heterocycles. The molecule has 0 atom stereocenters. The number of nitrogens with zero attached hydrogens (tertiary/aromatic N) is 5. The summed E-state index contributed by atoms with van der Waals surface area (Å²) >= 11 is 0. The molecule has 1 aromatic carbocycles. The molecule has 9 heteroatoms. The van der Waals surface area contributed by atoms with Gasteiger partial charge in [0.05, 0.1) is 29.4 Å². The number of aromatic nitrogens is 5. The second kappa shape index (κ2) is 8.82. The molecular weight excluding hydrogens is 416 g/mol. The van der Waals surface area contributed by atoms with Crippen LogP contribution in [0.4, 0.5) is 17.5 Å². The van der Waals surface area contributed by atoms with Gasteiger partial charge < -0.3 is 20.4 Å². The molecule has 3 N–H and O–H groups in total. The van der Waals surface area contributed by atoms with Crippen molar-refractivity contribution in [2.75, 3.05) is 24.3 Å². The molecule has 1 fully saturated rings. The van der Waals surface area contributed by atoms with E-state index >= 15 is 0 Å². The second-order valence-electron chi connectivity index (χ2n) is 8.35. The average Bonchev–Trinajstić information content (AvgIpc) is 3.59. The minimum atomic E-state index is 0.425. The molecule has 0 unspecified atom stereocenters. The number of H-pyrrole nitrogens is 1. The highest BCUT2D eigenvalue weighted by atomic mass is 16.5. The van der Waals surface area contributed by atoms with Crippen molar-refractivity contribution in [1.82, 2.24) is 24.7 Å². The molecule has 0 amide bonds. The van der Waals surface area contributed by atoms with E-state index in [0.29, 0.717) is 34.6 Å². The molecule has 168 valence electrons. The Morgan fingerprint density at radius 2 is 2.09 bits per heavy atom. The van der Waals surface area contributed by atoms with Crippen molar-refractivity contribution in [1.29, 1.82) is 5.26 Å². The average molecular weight is 443 g/mol. The molecule has 0 saturated heterocycles. The summed E-state index contributed by atoms with van der Waals surface area (Å²) in [6.07, 6.45) is 8.45. The van der Waals surface area contributed by atoms with Gasteiger partial charge in [0, 0.05) is 31.5 Å². The molecule has 3 heterocycles. The summed E-state index contributed by atoms with van der Waals surface area (Å²) in [6, 6.07) is 10.1. The Kier molecular flexibility index (Phi) is 5.57. The highest BCUT2D eigenvalue weighted by Gasteiger charge is 2.19. The SMILES string of the molecule is COc1cc(-c2ccnn2C)ccc1Nc1nc(NCC2CCCC2)c2c(C#N)c[nH]c2n1. The van der Waals surface area contributed by atoms with Crippen LogP contribution in [-0.4, -0.2) is 38.4 Å². The lowest BCUT2D eigenvalue weighted by Crippen LogP contribution is -2.13. The summed E-state index contributed by atoms with van der Waals surface area (Å²) in [6.45, 7) is 0.838. The lowest BCUT2D eigenvalue weighted by Gasteiger charge is -2.15. The number of hydrogen-bond acceptors (Lipinski definition) is 7. The van der Waals surface area contributed by atoms with Crippen molar-refractivity contribution < 1.29 is 4.74 Å². The molecule has 5 rings (SSSR count). The molecule has 1 aliphatic carbocycles. The maximum atomic E-state index is 9.53. The predicted molar refractivity (Wildman–Crippen MR) is 128 cm³/mol. The summed E-state index contributed by atoms with van der Waals surface area (Å²) in [5, 5.41) is 21.3. The van der Waals surface area contributed by atoms with Crippen molar-refractivity contribution in [2.45, 2.75) is 25.7 Å². The fourth-order valence-electron chi connectivity index (χ4n) is 4.49. The predicted octanol–water partition coefficient (Wildman–Crippen LogP) is 4.58. The van der Waals surface area contributed by atoms with E-state index in [0.717, 1.165) is 28.9 Å². The first-order chi connectivity index (χ1) is 16.2.